The first-order valence-corrected chi connectivity index (χ1v) is 8.18. The van der Waals surface area contributed by atoms with Gasteiger partial charge in [0, 0.05) is 31.8 Å². The first-order chi connectivity index (χ1) is 11.8. The summed E-state index contributed by atoms with van der Waals surface area (Å²) in [7, 11) is 1.57. The Labute approximate surface area is 140 Å². The molecule has 0 fully saturated rings. The summed E-state index contributed by atoms with van der Waals surface area (Å²) in [6.07, 6.45) is 6.14. The molecule has 0 atom stereocenters. The van der Waals surface area contributed by atoms with Crippen LogP contribution in [0.3, 0.4) is 0 Å². The van der Waals surface area contributed by atoms with Crippen molar-refractivity contribution >= 4 is 6.03 Å². The summed E-state index contributed by atoms with van der Waals surface area (Å²) in [5.41, 5.74) is 0.905. The van der Waals surface area contributed by atoms with E-state index >= 15 is 0 Å². The number of rotatable bonds is 5. The fourth-order valence-corrected chi connectivity index (χ4v) is 2.72. The zero-order chi connectivity index (χ0) is 16.8. The number of carbonyl (C=O) groups excluding carboxylic acids is 1. The van der Waals surface area contributed by atoms with Crippen LogP contribution in [-0.2, 0) is 26.1 Å². The quantitative estimate of drug-likeness (QED) is 0.864. The van der Waals surface area contributed by atoms with Crippen molar-refractivity contribution in [1.29, 1.82) is 0 Å². The molecule has 2 N–H and O–H groups in total. The average Bonchev–Trinajstić information content (AvgIpc) is 2.85. The maximum atomic E-state index is 11.9. The number of nitrogens with zero attached hydrogens (tertiary/aromatic N) is 4. The Morgan fingerprint density at radius 2 is 2.08 bits per heavy atom. The van der Waals surface area contributed by atoms with Gasteiger partial charge < -0.3 is 19.9 Å². The molecular formula is C16H22N6O2. The van der Waals surface area contributed by atoms with E-state index in [1.54, 1.807) is 19.4 Å². The maximum Gasteiger partial charge on any atom is 0.315 e. The molecule has 0 bridgehead atoms. The molecule has 0 aliphatic carbocycles. The van der Waals surface area contributed by atoms with Gasteiger partial charge in [0.2, 0.25) is 5.88 Å². The minimum absolute atomic E-state index is 0.239. The van der Waals surface area contributed by atoms with E-state index in [-0.39, 0.29) is 6.03 Å². The molecule has 128 valence electrons. The van der Waals surface area contributed by atoms with Gasteiger partial charge in [0.05, 0.1) is 13.7 Å². The number of methoxy groups -OCH3 is 1. The highest BCUT2D eigenvalue weighted by Crippen LogP contribution is 2.14. The summed E-state index contributed by atoms with van der Waals surface area (Å²) < 4.78 is 7.13. The second kappa shape index (κ2) is 7.76. The Morgan fingerprint density at radius 3 is 2.88 bits per heavy atom. The van der Waals surface area contributed by atoms with E-state index in [0.29, 0.717) is 19.0 Å². The third-order valence-corrected chi connectivity index (χ3v) is 4.05. The lowest BCUT2D eigenvalue weighted by Gasteiger charge is -2.09. The number of hydrogen-bond donors (Lipinski definition) is 2. The van der Waals surface area contributed by atoms with Crippen LogP contribution < -0.4 is 15.4 Å². The Balaban J connectivity index is 1.48. The molecule has 2 aromatic heterocycles. The summed E-state index contributed by atoms with van der Waals surface area (Å²) in [5, 5.41) is 14.1. The lowest BCUT2D eigenvalue weighted by Crippen LogP contribution is -2.35. The van der Waals surface area contributed by atoms with Crippen molar-refractivity contribution in [3.05, 3.63) is 35.5 Å². The van der Waals surface area contributed by atoms with Gasteiger partial charge in [-0.15, -0.1) is 10.2 Å². The topological polar surface area (TPSA) is 94.0 Å². The first kappa shape index (κ1) is 16.2. The fourth-order valence-electron chi connectivity index (χ4n) is 2.72. The number of pyridine rings is 1. The van der Waals surface area contributed by atoms with Crippen LogP contribution >= 0.6 is 0 Å². The molecule has 0 saturated heterocycles. The number of aromatic nitrogens is 4. The SMILES string of the molecule is COc1ccc(CNC(=O)NCc2nnc3n2CCCCC3)cn1. The average molecular weight is 330 g/mol. The number of aryl methyl sites for hydroxylation is 1. The summed E-state index contributed by atoms with van der Waals surface area (Å²) in [4.78, 5) is 16.0. The minimum Gasteiger partial charge on any atom is -0.481 e. The molecule has 8 nitrogen and oxygen atoms in total. The minimum atomic E-state index is -0.239. The molecule has 8 heteroatoms. The van der Waals surface area contributed by atoms with Crippen LogP contribution in [0.2, 0.25) is 0 Å². The van der Waals surface area contributed by atoms with Gasteiger partial charge in [-0.2, -0.15) is 0 Å². The smallest absolute Gasteiger partial charge is 0.315 e. The zero-order valence-electron chi connectivity index (χ0n) is 13.8. The van der Waals surface area contributed by atoms with Gasteiger partial charge in [-0.25, -0.2) is 9.78 Å². The van der Waals surface area contributed by atoms with E-state index < -0.39 is 0 Å². The Hall–Kier alpha value is -2.64. The summed E-state index contributed by atoms with van der Waals surface area (Å²) in [6.45, 7) is 1.71. The third-order valence-electron chi connectivity index (χ3n) is 4.05. The second-order valence-corrected chi connectivity index (χ2v) is 5.74. The molecule has 2 aromatic rings. The van der Waals surface area contributed by atoms with Crippen molar-refractivity contribution < 1.29 is 9.53 Å². The van der Waals surface area contributed by atoms with Crippen LogP contribution in [0, 0.1) is 0 Å². The number of urea groups is 1. The maximum absolute atomic E-state index is 11.9. The number of amides is 2. The van der Waals surface area contributed by atoms with Crippen molar-refractivity contribution in [1.82, 2.24) is 30.4 Å². The highest BCUT2D eigenvalue weighted by atomic mass is 16.5. The summed E-state index contributed by atoms with van der Waals surface area (Å²) in [6, 6.07) is 3.39. The molecular weight excluding hydrogens is 308 g/mol. The molecule has 0 spiro atoms. The van der Waals surface area contributed by atoms with Crippen LogP contribution in [0.4, 0.5) is 4.79 Å². The van der Waals surface area contributed by atoms with Crippen molar-refractivity contribution in [3.8, 4) is 5.88 Å². The predicted octanol–water partition coefficient (Wildman–Crippen LogP) is 1.41. The normalized spacial score (nSPS) is 13.7. The molecule has 0 aromatic carbocycles. The largest absolute Gasteiger partial charge is 0.481 e. The van der Waals surface area contributed by atoms with E-state index in [1.165, 1.54) is 6.42 Å². The standard InChI is InChI=1S/C16H22N6O2/c1-24-15-7-6-12(9-17-15)10-18-16(23)19-11-14-21-20-13-5-3-2-4-8-22(13)14/h6-7,9H,2-5,8,10-11H2,1H3,(H2,18,19,23). The van der Waals surface area contributed by atoms with Crippen LogP contribution in [0.1, 0.15) is 36.5 Å². The van der Waals surface area contributed by atoms with E-state index in [4.69, 9.17) is 4.74 Å². The number of ether oxygens (including phenoxy) is 1. The molecule has 24 heavy (non-hydrogen) atoms. The third kappa shape index (κ3) is 4.01. The van der Waals surface area contributed by atoms with Crippen molar-refractivity contribution in [2.24, 2.45) is 0 Å². The van der Waals surface area contributed by atoms with Crippen LogP contribution in [-0.4, -0.2) is 32.9 Å². The van der Waals surface area contributed by atoms with Crippen molar-refractivity contribution in [3.63, 3.8) is 0 Å². The molecule has 0 saturated carbocycles. The molecule has 0 unspecified atom stereocenters. The Bertz CT molecular complexity index is 682. The van der Waals surface area contributed by atoms with E-state index in [0.717, 1.165) is 43.0 Å². The second-order valence-electron chi connectivity index (χ2n) is 5.74. The zero-order valence-corrected chi connectivity index (χ0v) is 13.8. The van der Waals surface area contributed by atoms with Gasteiger partial charge in [-0.1, -0.05) is 12.5 Å². The predicted molar refractivity (Wildman–Crippen MR) is 87.4 cm³/mol. The first-order valence-electron chi connectivity index (χ1n) is 8.18. The summed E-state index contributed by atoms with van der Waals surface area (Å²) in [5.74, 6) is 2.39. The van der Waals surface area contributed by atoms with Crippen molar-refractivity contribution in [2.75, 3.05) is 7.11 Å². The number of fused-ring (bicyclic) bond motifs is 1. The fraction of sp³-hybridized carbons (Fsp3) is 0.500. The highest BCUT2D eigenvalue weighted by molar-refractivity contribution is 5.73. The van der Waals surface area contributed by atoms with Crippen LogP contribution in [0.15, 0.2) is 18.3 Å². The number of carbonyl (C=O) groups is 1. The van der Waals surface area contributed by atoms with E-state index in [1.807, 2.05) is 6.07 Å². The van der Waals surface area contributed by atoms with Gasteiger partial charge in [0.15, 0.2) is 5.82 Å². The van der Waals surface area contributed by atoms with Gasteiger partial charge in [0.25, 0.3) is 0 Å². The monoisotopic (exact) mass is 330 g/mol. The molecule has 1 aliphatic rings. The Morgan fingerprint density at radius 1 is 1.21 bits per heavy atom. The lowest BCUT2D eigenvalue weighted by atomic mass is 10.2. The molecule has 3 rings (SSSR count). The van der Waals surface area contributed by atoms with Gasteiger partial charge >= 0.3 is 6.03 Å². The highest BCUT2D eigenvalue weighted by Gasteiger charge is 2.14. The van der Waals surface area contributed by atoms with Crippen LogP contribution in [0.25, 0.3) is 0 Å². The molecule has 1 aliphatic heterocycles. The van der Waals surface area contributed by atoms with Crippen molar-refractivity contribution in [2.45, 2.75) is 45.3 Å². The van der Waals surface area contributed by atoms with Gasteiger partial charge in [-0.3, -0.25) is 0 Å². The lowest BCUT2D eigenvalue weighted by molar-refractivity contribution is 0.239. The van der Waals surface area contributed by atoms with Crippen LogP contribution in [0.5, 0.6) is 5.88 Å². The molecule has 2 amide bonds. The van der Waals surface area contributed by atoms with Gasteiger partial charge in [-0.05, 0) is 18.4 Å². The molecule has 3 heterocycles. The van der Waals surface area contributed by atoms with Gasteiger partial charge in [0.1, 0.15) is 5.82 Å². The Kier molecular flexibility index (Phi) is 5.25. The van der Waals surface area contributed by atoms with E-state index in [2.05, 4.69) is 30.4 Å². The number of nitrogens with one attached hydrogen (secondary N) is 2. The molecule has 0 radical (unpaired) electrons. The van der Waals surface area contributed by atoms with E-state index in [9.17, 15) is 4.79 Å². The summed E-state index contributed by atoms with van der Waals surface area (Å²) >= 11 is 0. The number of hydrogen-bond acceptors (Lipinski definition) is 5.